The molecule has 0 saturated heterocycles. The topological polar surface area (TPSA) is 21.3 Å². The summed E-state index contributed by atoms with van der Waals surface area (Å²) >= 11 is 0. The minimum Gasteiger partial charge on any atom is -0.381 e. The lowest BCUT2D eigenvalue weighted by atomic mass is 9.64. The summed E-state index contributed by atoms with van der Waals surface area (Å²) in [7, 11) is 0. The van der Waals surface area contributed by atoms with Crippen LogP contribution in [0.2, 0.25) is 0 Å². The standard InChI is InChI=1S/C18H23NO/c1-4-20-17-12-16(18(17,2)3)19-15-11-7-9-13-8-5-6-10-14(13)15/h5-11,16-17,19H,4,12H2,1-3H3. The quantitative estimate of drug-likeness (QED) is 0.885. The van der Waals surface area contributed by atoms with E-state index in [4.69, 9.17) is 4.74 Å². The number of ether oxygens (including phenoxy) is 1. The van der Waals surface area contributed by atoms with E-state index in [0.717, 1.165) is 13.0 Å². The number of hydrogen-bond donors (Lipinski definition) is 1. The van der Waals surface area contributed by atoms with Crippen molar-refractivity contribution in [3.05, 3.63) is 42.5 Å². The first-order chi connectivity index (χ1) is 9.63. The highest BCUT2D eigenvalue weighted by Crippen LogP contribution is 2.44. The van der Waals surface area contributed by atoms with Crippen molar-refractivity contribution in [1.29, 1.82) is 0 Å². The third kappa shape index (κ3) is 2.18. The number of hydrogen-bond acceptors (Lipinski definition) is 2. The number of benzene rings is 2. The summed E-state index contributed by atoms with van der Waals surface area (Å²) in [6.45, 7) is 7.45. The molecule has 2 unspecified atom stereocenters. The Morgan fingerprint density at radius 2 is 1.90 bits per heavy atom. The van der Waals surface area contributed by atoms with Crippen LogP contribution >= 0.6 is 0 Å². The molecule has 0 bridgehead atoms. The lowest BCUT2D eigenvalue weighted by Crippen LogP contribution is -2.58. The molecule has 2 nitrogen and oxygen atoms in total. The second-order valence-electron chi connectivity index (χ2n) is 6.22. The molecule has 2 atom stereocenters. The Hall–Kier alpha value is -1.54. The summed E-state index contributed by atoms with van der Waals surface area (Å²) in [4.78, 5) is 0. The van der Waals surface area contributed by atoms with Crippen LogP contribution in [0.4, 0.5) is 5.69 Å². The Morgan fingerprint density at radius 3 is 2.65 bits per heavy atom. The molecule has 2 heteroatoms. The molecular formula is C18H23NO. The van der Waals surface area contributed by atoms with Crippen LogP contribution < -0.4 is 5.32 Å². The second-order valence-corrected chi connectivity index (χ2v) is 6.22. The van der Waals surface area contributed by atoms with Crippen LogP contribution in [-0.4, -0.2) is 18.8 Å². The molecule has 0 aromatic heterocycles. The zero-order valence-electron chi connectivity index (χ0n) is 12.5. The molecule has 0 radical (unpaired) electrons. The van der Waals surface area contributed by atoms with E-state index in [1.165, 1.54) is 16.5 Å². The van der Waals surface area contributed by atoms with Crippen LogP contribution in [0, 0.1) is 5.41 Å². The van der Waals surface area contributed by atoms with Crippen LogP contribution in [-0.2, 0) is 4.74 Å². The van der Waals surface area contributed by atoms with Gasteiger partial charge in [-0.1, -0.05) is 50.2 Å². The first-order valence-corrected chi connectivity index (χ1v) is 7.49. The lowest BCUT2D eigenvalue weighted by Gasteiger charge is -2.52. The van der Waals surface area contributed by atoms with Gasteiger partial charge in [-0.2, -0.15) is 0 Å². The number of nitrogens with one attached hydrogen (secondary N) is 1. The molecule has 0 amide bonds. The first-order valence-electron chi connectivity index (χ1n) is 7.49. The van der Waals surface area contributed by atoms with E-state index in [-0.39, 0.29) is 5.41 Å². The summed E-state index contributed by atoms with van der Waals surface area (Å²) in [6.07, 6.45) is 1.46. The van der Waals surface area contributed by atoms with E-state index in [1.54, 1.807) is 0 Å². The third-order valence-electron chi connectivity index (χ3n) is 4.66. The van der Waals surface area contributed by atoms with Gasteiger partial charge in [0.05, 0.1) is 6.10 Å². The highest BCUT2D eigenvalue weighted by atomic mass is 16.5. The van der Waals surface area contributed by atoms with Crippen molar-refractivity contribution in [3.63, 3.8) is 0 Å². The van der Waals surface area contributed by atoms with E-state index in [0.29, 0.717) is 12.1 Å². The zero-order valence-corrected chi connectivity index (χ0v) is 12.5. The molecule has 0 spiro atoms. The highest BCUT2D eigenvalue weighted by Gasteiger charge is 2.48. The maximum absolute atomic E-state index is 5.81. The number of rotatable bonds is 4. The molecule has 1 saturated carbocycles. The predicted octanol–water partition coefficient (Wildman–Crippen LogP) is 4.46. The lowest BCUT2D eigenvalue weighted by molar-refractivity contribution is -0.0975. The monoisotopic (exact) mass is 269 g/mol. The van der Waals surface area contributed by atoms with Gasteiger partial charge in [0.25, 0.3) is 0 Å². The van der Waals surface area contributed by atoms with Crippen LogP contribution in [0.15, 0.2) is 42.5 Å². The average molecular weight is 269 g/mol. The van der Waals surface area contributed by atoms with Crippen molar-refractivity contribution in [3.8, 4) is 0 Å². The molecule has 1 N–H and O–H groups in total. The molecule has 1 aliphatic rings. The Labute approximate surface area is 121 Å². The van der Waals surface area contributed by atoms with E-state index in [9.17, 15) is 0 Å². The van der Waals surface area contributed by atoms with Crippen molar-refractivity contribution in [2.45, 2.75) is 39.3 Å². The van der Waals surface area contributed by atoms with Gasteiger partial charge in [-0.15, -0.1) is 0 Å². The van der Waals surface area contributed by atoms with Gasteiger partial charge in [0.2, 0.25) is 0 Å². The molecule has 106 valence electrons. The van der Waals surface area contributed by atoms with Crippen molar-refractivity contribution in [2.75, 3.05) is 11.9 Å². The van der Waals surface area contributed by atoms with Crippen molar-refractivity contribution < 1.29 is 4.74 Å². The fourth-order valence-corrected chi connectivity index (χ4v) is 3.15. The second kappa shape index (κ2) is 5.10. The van der Waals surface area contributed by atoms with E-state index in [1.807, 2.05) is 0 Å². The van der Waals surface area contributed by atoms with Crippen LogP contribution in [0.1, 0.15) is 27.2 Å². The number of anilines is 1. The van der Waals surface area contributed by atoms with Crippen LogP contribution in [0.3, 0.4) is 0 Å². The molecule has 1 aliphatic carbocycles. The Morgan fingerprint density at radius 1 is 1.15 bits per heavy atom. The molecule has 2 aromatic carbocycles. The number of fused-ring (bicyclic) bond motifs is 1. The highest BCUT2D eigenvalue weighted by molar-refractivity contribution is 5.93. The van der Waals surface area contributed by atoms with Gasteiger partial charge >= 0.3 is 0 Å². The Balaban J connectivity index is 1.81. The van der Waals surface area contributed by atoms with Crippen molar-refractivity contribution >= 4 is 16.5 Å². The molecule has 3 rings (SSSR count). The maximum Gasteiger partial charge on any atom is 0.0665 e. The Kier molecular flexibility index (Phi) is 3.43. The third-order valence-corrected chi connectivity index (χ3v) is 4.66. The molecule has 2 aromatic rings. The maximum atomic E-state index is 5.81. The molecule has 1 fully saturated rings. The van der Waals surface area contributed by atoms with Gasteiger partial charge in [-0.3, -0.25) is 0 Å². The summed E-state index contributed by atoms with van der Waals surface area (Å²) < 4.78 is 5.81. The minimum absolute atomic E-state index is 0.187. The van der Waals surface area contributed by atoms with Gasteiger partial charge in [-0.25, -0.2) is 0 Å². The van der Waals surface area contributed by atoms with E-state index >= 15 is 0 Å². The van der Waals surface area contributed by atoms with Gasteiger partial charge in [0.15, 0.2) is 0 Å². The zero-order chi connectivity index (χ0) is 14.2. The Bertz CT molecular complexity index is 600. The summed E-state index contributed by atoms with van der Waals surface area (Å²) in [5, 5.41) is 6.30. The van der Waals surface area contributed by atoms with E-state index in [2.05, 4.69) is 68.6 Å². The normalized spacial score (nSPS) is 24.4. The fourth-order valence-electron chi connectivity index (χ4n) is 3.15. The molecule has 0 heterocycles. The largest absolute Gasteiger partial charge is 0.381 e. The summed E-state index contributed by atoms with van der Waals surface area (Å²) in [5.41, 5.74) is 1.42. The smallest absolute Gasteiger partial charge is 0.0665 e. The van der Waals surface area contributed by atoms with Crippen LogP contribution in [0.25, 0.3) is 10.8 Å². The predicted molar refractivity (Wildman–Crippen MR) is 85.2 cm³/mol. The van der Waals surface area contributed by atoms with Gasteiger partial charge in [0.1, 0.15) is 0 Å². The van der Waals surface area contributed by atoms with Crippen molar-refractivity contribution in [2.24, 2.45) is 5.41 Å². The summed E-state index contributed by atoms with van der Waals surface area (Å²) in [6, 6.07) is 15.5. The fraction of sp³-hybridized carbons (Fsp3) is 0.444. The first kappa shape index (κ1) is 13.4. The van der Waals surface area contributed by atoms with Gasteiger partial charge in [0, 0.05) is 29.1 Å². The van der Waals surface area contributed by atoms with Gasteiger partial charge in [-0.05, 0) is 24.8 Å². The van der Waals surface area contributed by atoms with Crippen LogP contribution in [0.5, 0.6) is 0 Å². The molecular weight excluding hydrogens is 246 g/mol. The molecule has 0 aliphatic heterocycles. The molecule has 20 heavy (non-hydrogen) atoms. The van der Waals surface area contributed by atoms with E-state index < -0.39 is 0 Å². The van der Waals surface area contributed by atoms with Gasteiger partial charge < -0.3 is 10.1 Å². The summed E-state index contributed by atoms with van der Waals surface area (Å²) in [5.74, 6) is 0. The SMILES string of the molecule is CCOC1CC(Nc2cccc3ccccc23)C1(C)C. The minimum atomic E-state index is 0.187. The van der Waals surface area contributed by atoms with Crippen molar-refractivity contribution in [1.82, 2.24) is 0 Å². The average Bonchev–Trinajstić information content (AvgIpc) is 2.46.